The van der Waals surface area contributed by atoms with Gasteiger partial charge in [0.05, 0.1) is 27.5 Å². The highest BCUT2D eigenvalue weighted by atomic mass is 35.5. The van der Waals surface area contributed by atoms with Crippen LogP contribution in [-0.4, -0.2) is 25.8 Å². The average Bonchev–Trinajstić information content (AvgIpc) is 3.39. The molecule has 1 N–H and O–H groups in total. The van der Waals surface area contributed by atoms with Crippen LogP contribution in [-0.2, 0) is 12.0 Å². The number of para-hydroxylation sites is 1. The number of halogens is 3. The lowest BCUT2D eigenvalue weighted by molar-refractivity contribution is 0.0696. The van der Waals surface area contributed by atoms with E-state index >= 15 is 0 Å². The van der Waals surface area contributed by atoms with Crippen molar-refractivity contribution in [1.29, 1.82) is 0 Å². The molecule has 0 bridgehead atoms. The molecular formula is C29H26Cl3N3O3. The molecule has 2 atom stereocenters. The smallest absolute Gasteiger partial charge is 0.337 e. The Hall–Kier alpha value is -3.06. The summed E-state index contributed by atoms with van der Waals surface area (Å²) in [7, 11) is 0. The van der Waals surface area contributed by atoms with E-state index in [9.17, 15) is 9.90 Å². The summed E-state index contributed by atoms with van der Waals surface area (Å²) in [6.45, 7) is 6.55. The molecule has 2 aromatic heterocycles. The van der Waals surface area contributed by atoms with Crippen molar-refractivity contribution in [2.24, 2.45) is 0 Å². The molecule has 0 amide bonds. The van der Waals surface area contributed by atoms with Crippen LogP contribution in [0.1, 0.15) is 71.8 Å². The Balaban J connectivity index is 1.37. The standard InChI is InChI=1S/C29H26Cl3N3O3/c1-16(2)21-14-34-35(27-23(30)5-4-6-24(27)31)26(21)15-38-19-7-8-20(25(32)10-19)22-11-29(22,3)18-9-17(28(36)37)12-33-13-18/h4-10,12-14,16,22H,11,15H2,1-3H3,(H,36,37). The minimum atomic E-state index is -0.988. The van der Waals surface area contributed by atoms with E-state index in [0.29, 0.717) is 26.5 Å². The minimum absolute atomic E-state index is 0.159. The Bertz CT molecular complexity index is 1510. The summed E-state index contributed by atoms with van der Waals surface area (Å²) < 4.78 is 7.93. The predicted octanol–water partition coefficient (Wildman–Crippen LogP) is 8.07. The molecule has 1 aliphatic rings. The van der Waals surface area contributed by atoms with Crippen molar-refractivity contribution in [2.75, 3.05) is 0 Å². The molecule has 2 aromatic carbocycles. The summed E-state index contributed by atoms with van der Waals surface area (Å²) >= 11 is 19.7. The largest absolute Gasteiger partial charge is 0.487 e. The van der Waals surface area contributed by atoms with E-state index < -0.39 is 5.97 Å². The third-order valence-electron chi connectivity index (χ3n) is 7.28. The zero-order chi connectivity index (χ0) is 27.2. The number of carbonyl (C=O) groups is 1. The molecule has 6 nitrogen and oxygen atoms in total. The molecule has 196 valence electrons. The first-order chi connectivity index (χ1) is 18.1. The monoisotopic (exact) mass is 569 g/mol. The minimum Gasteiger partial charge on any atom is -0.487 e. The first kappa shape index (κ1) is 26.5. The number of aromatic carboxylic acids is 1. The molecule has 0 saturated heterocycles. The van der Waals surface area contributed by atoms with Crippen LogP contribution in [0.4, 0.5) is 0 Å². The molecule has 5 rings (SSSR count). The SMILES string of the molecule is CC(C)c1cnn(-c2c(Cl)cccc2Cl)c1COc1ccc(C2CC2(C)c2cncc(C(=O)O)c2)c(Cl)c1. The second-order valence-corrected chi connectivity index (χ2v) is 11.3. The topological polar surface area (TPSA) is 77.2 Å². The van der Waals surface area contributed by atoms with Gasteiger partial charge in [-0.1, -0.05) is 67.7 Å². The Morgan fingerprint density at radius 2 is 1.84 bits per heavy atom. The van der Waals surface area contributed by atoms with Gasteiger partial charge in [-0.25, -0.2) is 9.48 Å². The van der Waals surface area contributed by atoms with Gasteiger partial charge in [-0.3, -0.25) is 4.98 Å². The normalized spacial score (nSPS) is 18.6. The fourth-order valence-electron chi connectivity index (χ4n) is 4.94. The van der Waals surface area contributed by atoms with E-state index in [4.69, 9.17) is 39.5 Å². The van der Waals surface area contributed by atoms with Gasteiger partial charge in [-0.2, -0.15) is 5.10 Å². The second kappa shape index (κ2) is 10.3. The van der Waals surface area contributed by atoms with E-state index in [2.05, 4.69) is 30.9 Å². The molecule has 9 heteroatoms. The maximum atomic E-state index is 11.4. The van der Waals surface area contributed by atoms with Gasteiger partial charge in [0.1, 0.15) is 18.0 Å². The number of nitrogens with zero attached hydrogens (tertiary/aromatic N) is 3. The summed E-state index contributed by atoms with van der Waals surface area (Å²) in [4.78, 5) is 15.5. The molecule has 2 heterocycles. The number of hydrogen-bond donors (Lipinski definition) is 1. The first-order valence-corrected chi connectivity index (χ1v) is 13.4. The van der Waals surface area contributed by atoms with Crippen LogP contribution in [0.25, 0.3) is 5.69 Å². The van der Waals surface area contributed by atoms with E-state index in [1.807, 2.05) is 24.4 Å². The van der Waals surface area contributed by atoms with Crippen molar-refractivity contribution in [3.05, 3.63) is 104 Å². The summed E-state index contributed by atoms with van der Waals surface area (Å²) in [6.07, 6.45) is 5.77. The molecular weight excluding hydrogens is 545 g/mol. The highest BCUT2D eigenvalue weighted by molar-refractivity contribution is 6.37. The van der Waals surface area contributed by atoms with Gasteiger partial charge < -0.3 is 9.84 Å². The van der Waals surface area contributed by atoms with Crippen LogP contribution in [0.2, 0.25) is 15.1 Å². The van der Waals surface area contributed by atoms with Crippen LogP contribution in [0, 0.1) is 0 Å². The Morgan fingerprint density at radius 3 is 2.50 bits per heavy atom. The lowest BCUT2D eigenvalue weighted by atomic mass is 9.93. The number of benzene rings is 2. The van der Waals surface area contributed by atoms with Crippen LogP contribution >= 0.6 is 34.8 Å². The number of carboxylic acids is 1. The highest BCUT2D eigenvalue weighted by Crippen LogP contribution is 2.61. The lowest BCUT2D eigenvalue weighted by Crippen LogP contribution is -2.09. The number of pyridine rings is 1. The Labute approximate surface area is 236 Å². The number of ether oxygens (including phenoxy) is 1. The van der Waals surface area contributed by atoms with Gasteiger partial charge >= 0.3 is 5.97 Å². The van der Waals surface area contributed by atoms with E-state index in [0.717, 1.165) is 28.8 Å². The Kier molecular flexibility index (Phi) is 7.16. The summed E-state index contributed by atoms with van der Waals surface area (Å²) in [5, 5.41) is 15.5. The third kappa shape index (κ3) is 4.89. The fraction of sp³-hybridized carbons (Fsp3) is 0.276. The zero-order valence-corrected chi connectivity index (χ0v) is 23.3. The molecule has 0 spiro atoms. The fourth-order valence-corrected chi connectivity index (χ4v) is 5.80. The van der Waals surface area contributed by atoms with Crippen LogP contribution in [0.3, 0.4) is 0 Å². The zero-order valence-electron chi connectivity index (χ0n) is 21.1. The number of rotatable bonds is 8. The molecule has 0 aliphatic heterocycles. The maximum Gasteiger partial charge on any atom is 0.337 e. The number of aromatic nitrogens is 3. The third-order valence-corrected chi connectivity index (χ3v) is 8.21. The summed E-state index contributed by atoms with van der Waals surface area (Å²) in [5.74, 6) is 0.0179. The van der Waals surface area contributed by atoms with Crippen molar-refractivity contribution in [1.82, 2.24) is 14.8 Å². The highest BCUT2D eigenvalue weighted by Gasteiger charge is 2.53. The van der Waals surface area contributed by atoms with E-state index in [1.54, 1.807) is 35.1 Å². The van der Waals surface area contributed by atoms with Gasteiger partial charge in [0, 0.05) is 22.8 Å². The van der Waals surface area contributed by atoms with Gasteiger partial charge in [0.2, 0.25) is 0 Å². The van der Waals surface area contributed by atoms with Crippen molar-refractivity contribution < 1.29 is 14.6 Å². The average molecular weight is 571 g/mol. The van der Waals surface area contributed by atoms with Crippen molar-refractivity contribution in [3.63, 3.8) is 0 Å². The van der Waals surface area contributed by atoms with Crippen LogP contribution < -0.4 is 4.74 Å². The van der Waals surface area contributed by atoms with Crippen molar-refractivity contribution in [3.8, 4) is 11.4 Å². The van der Waals surface area contributed by atoms with Gasteiger partial charge in [-0.05, 0) is 65.3 Å². The predicted molar refractivity (Wildman–Crippen MR) is 149 cm³/mol. The van der Waals surface area contributed by atoms with Gasteiger partial charge in [0.15, 0.2) is 0 Å². The molecule has 1 fully saturated rings. The van der Waals surface area contributed by atoms with Gasteiger partial charge in [-0.15, -0.1) is 0 Å². The van der Waals surface area contributed by atoms with E-state index in [1.165, 1.54) is 6.20 Å². The van der Waals surface area contributed by atoms with Crippen LogP contribution in [0.15, 0.2) is 61.1 Å². The first-order valence-electron chi connectivity index (χ1n) is 12.2. The maximum absolute atomic E-state index is 11.4. The quantitative estimate of drug-likeness (QED) is 0.232. The number of carboxylic acid groups (broad SMARTS) is 1. The van der Waals surface area contributed by atoms with Crippen LogP contribution in [0.5, 0.6) is 5.75 Å². The molecule has 1 aliphatic carbocycles. The second-order valence-electron chi connectivity index (χ2n) is 10.1. The summed E-state index contributed by atoms with van der Waals surface area (Å²) in [6, 6.07) is 12.8. The van der Waals surface area contributed by atoms with Crippen molar-refractivity contribution in [2.45, 2.75) is 51.0 Å². The summed E-state index contributed by atoms with van der Waals surface area (Å²) in [5.41, 5.74) is 4.36. The molecule has 2 unspecified atom stereocenters. The Morgan fingerprint density at radius 1 is 1.11 bits per heavy atom. The van der Waals surface area contributed by atoms with E-state index in [-0.39, 0.29) is 29.4 Å². The number of hydrogen-bond acceptors (Lipinski definition) is 4. The molecule has 1 saturated carbocycles. The molecule has 38 heavy (non-hydrogen) atoms. The van der Waals surface area contributed by atoms with Gasteiger partial charge in [0.25, 0.3) is 0 Å². The molecule has 0 radical (unpaired) electrons. The molecule has 4 aromatic rings. The lowest BCUT2D eigenvalue weighted by Gasteiger charge is -2.16. The van der Waals surface area contributed by atoms with Crippen molar-refractivity contribution >= 4 is 40.8 Å².